The third kappa shape index (κ3) is 4.81. The average Bonchev–Trinajstić information content (AvgIpc) is 3.06. The van der Waals surface area contributed by atoms with Gasteiger partial charge in [-0.25, -0.2) is 0 Å². The summed E-state index contributed by atoms with van der Waals surface area (Å²) in [5, 5.41) is 3.52. The normalized spacial score (nSPS) is 19.1. The summed E-state index contributed by atoms with van der Waals surface area (Å²) in [7, 11) is 4.02. The van der Waals surface area contributed by atoms with Gasteiger partial charge in [-0.2, -0.15) is 0 Å². The lowest BCUT2D eigenvalue weighted by Crippen LogP contribution is -2.40. The molecule has 16 heavy (non-hydrogen) atoms. The van der Waals surface area contributed by atoms with E-state index >= 15 is 0 Å². The molecule has 3 nitrogen and oxygen atoms in total. The molecule has 1 N–H and O–H groups in total. The van der Waals surface area contributed by atoms with Crippen LogP contribution in [0.15, 0.2) is 0 Å². The van der Waals surface area contributed by atoms with Crippen molar-refractivity contribution in [1.29, 1.82) is 0 Å². The van der Waals surface area contributed by atoms with Crippen molar-refractivity contribution < 1.29 is 4.74 Å². The molecule has 1 aliphatic rings. The minimum atomic E-state index is -0.00136. The van der Waals surface area contributed by atoms with E-state index in [0.29, 0.717) is 6.04 Å². The molecule has 1 rings (SSSR count). The molecule has 0 radical (unpaired) electrons. The van der Waals surface area contributed by atoms with Gasteiger partial charge < -0.3 is 10.1 Å². The predicted molar refractivity (Wildman–Crippen MR) is 68.8 cm³/mol. The van der Waals surface area contributed by atoms with E-state index in [4.69, 9.17) is 4.74 Å². The van der Waals surface area contributed by atoms with Crippen LogP contribution in [0.1, 0.15) is 40.0 Å². The van der Waals surface area contributed by atoms with Crippen molar-refractivity contribution in [1.82, 2.24) is 10.2 Å². The molecule has 0 aromatic heterocycles. The monoisotopic (exact) mass is 228 g/mol. The number of nitrogens with zero attached hydrogens (tertiary/aromatic N) is 1. The zero-order valence-corrected chi connectivity index (χ0v) is 11.5. The highest BCUT2D eigenvalue weighted by Gasteiger charge is 2.28. The topological polar surface area (TPSA) is 24.5 Å². The lowest BCUT2D eigenvalue weighted by molar-refractivity contribution is 0.0156. The van der Waals surface area contributed by atoms with Crippen molar-refractivity contribution in [2.75, 3.05) is 27.2 Å². The molecule has 1 fully saturated rings. The lowest BCUT2D eigenvalue weighted by Gasteiger charge is -2.26. The molecule has 3 heteroatoms. The second-order valence-electron chi connectivity index (χ2n) is 5.66. The van der Waals surface area contributed by atoms with Crippen LogP contribution in [0.5, 0.6) is 0 Å². The zero-order chi connectivity index (χ0) is 12.2. The van der Waals surface area contributed by atoms with Crippen LogP contribution in [-0.2, 0) is 4.74 Å². The molecule has 0 saturated heterocycles. The highest BCUT2D eigenvalue weighted by Crippen LogP contribution is 2.26. The first-order valence-electron chi connectivity index (χ1n) is 6.44. The van der Waals surface area contributed by atoms with Crippen LogP contribution in [0.2, 0.25) is 0 Å². The maximum Gasteiger partial charge on any atom is 0.0634 e. The Morgan fingerprint density at radius 2 is 2.06 bits per heavy atom. The minimum absolute atomic E-state index is 0.00136. The van der Waals surface area contributed by atoms with E-state index in [1.54, 1.807) is 7.11 Å². The van der Waals surface area contributed by atoms with Crippen molar-refractivity contribution >= 4 is 0 Å². The average molecular weight is 228 g/mol. The molecule has 1 saturated carbocycles. The van der Waals surface area contributed by atoms with E-state index in [2.05, 4.69) is 38.0 Å². The molecular weight excluding hydrogens is 200 g/mol. The van der Waals surface area contributed by atoms with E-state index in [-0.39, 0.29) is 5.60 Å². The third-order valence-electron chi connectivity index (χ3n) is 3.71. The van der Waals surface area contributed by atoms with Gasteiger partial charge >= 0.3 is 0 Å². The van der Waals surface area contributed by atoms with Gasteiger partial charge in [-0.1, -0.05) is 0 Å². The summed E-state index contributed by atoms with van der Waals surface area (Å²) in [5.41, 5.74) is -0.00136. The minimum Gasteiger partial charge on any atom is -0.379 e. The summed E-state index contributed by atoms with van der Waals surface area (Å²) >= 11 is 0. The number of ether oxygens (including phenoxy) is 1. The highest BCUT2D eigenvalue weighted by molar-refractivity contribution is 4.85. The van der Waals surface area contributed by atoms with Crippen LogP contribution in [0, 0.1) is 0 Å². The maximum atomic E-state index is 5.39. The fourth-order valence-electron chi connectivity index (χ4n) is 1.79. The molecule has 0 aromatic rings. The van der Waals surface area contributed by atoms with E-state index in [9.17, 15) is 0 Å². The van der Waals surface area contributed by atoms with Gasteiger partial charge in [0.05, 0.1) is 5.60 Å². The summed E-state index contributed by atoms with van der Waals surface area (Å²) in [6, 6.07) is 1.49. The second kappa shape index (κ2) is 5.99. The molecule has 0 spiro atoms. The van der Waals surface area contributed by atoms with Gasteiger partial charge in [-0.05, 0) is 53.6 Å². The fraction of sp³-hybridized carbons (Fsp3) is 1.00. The van der Waals surface area contributed by atoms with Crippen molar-refractivity contribution in [3.63, 3.8) is 0 Å². The Morgan fingerprint density at radius 3 is 2.56 bits per heavy atom. The van der Waals surface area contributed by atoms with E-state index < -0.39 is 0 Å². The number of methoxy groups -OCH3 is 1. The van der Waals surface area contributed by atoms with Crippen LogP contribution in [0.25, 0.3) is 0 Å². The molecule has 0 amide bonds. The standard InChI is InChI=1S/C13H28N2O/c1-11(15(4)12-6-7-12)10-14-9-8-13(2,3)16-5/h11-12,14H,6-10H2,1-5H3. The van der Waals surface area contributed by atoms with E-state index in [1.165, 1.54) is 12.8 Å². The zero-order valence-electron chi connectivity index (χ0n) is 11.5. The van der Waals surface area contributed by atoms with Crippen LogP contribution in [0.4, 0.5) is 0 Å². The molecule has 96 valence electrons. The van der Waals surface area contributed by atoms with Crippen molar-refractivity contribution in [3.8, 4) is 0 Å². The summed E-state index contributed by atoms with van der Waals surface area (Å²) in [4.78, 5) is 2.49. The quantitative estimate of drug-likeness (QED) is 0.642. The van der Waals surface area contributed by atoms with Gasteiger partial charge in [0, 0.05) is 25.7 Å². The SMILES string of the molecule is COC(C)(C)CCNCC(C)N(C)C1CC1. The van der Waals surface area contributed by atoms with Crippen molar-refractivity contribution in [2.45, 2.75) is 57.7 Å². The fourth-order valence-corrected chi connectivity index (χ4v) is 1.79. The first-order chi connectivity index (χ1) is 7.46. The Hall–Kier alpha value is -0.120. The summed E-state index contributed by atoms with van der Waals surface area (Å²) in [6.45, 7) is 8.67. The Bertz CT molecular complexity index is 202. The summed E-state index contributed by atoms with van der Waals surface area (Å²) < 4.78 is 5.39. The smallest absolute Gasteiger partial charge is 0.0634 e. The highest BCUT2D eigenvalue weighted by atomic mass is 16.5. The summed E-state index contributed by atoms with van der Waals surface area (Å²) in [6.07, 6.45) is 3.83. The molecule has 1 atom stereocenters. The molecule has 0 aromatic carbocycles. The number of nitrogens with one attached hydrogen (secondary N) is 1. The molecule has 0 heterocycles. The van der Waals surface area contributed by atoms with Crippen LogP contribution < -0.4 is 5.32 Å². The van der Waals surface area contributed by atoms with Crippen LogP contribution >= 0.6 is 0 Å². The van der Waals surface area contributed by atoms with Crippen LogP contribution in [0.3, 0.4) is 0 Å². The summed E-state index contributed by atoms with van der Waals surface area (Å²) in [5.74, 6) is 0. The molecule has 0 aliphatic heterocycles. The Balaban J connectivity index is 2.06. The van der Waals surface area contributed by atoms with Gasteiger partial charge in [-0.3, -0.25) is 4.90 Å². The van der Waals surface area contributed by atoms with Gasteiger partial charge in [-0.15, -0.1) is 0 Å². The van der Waals surface area contributed by atoms with Gasteiger partial charge in [0.1, 0.15) is 0 Å². The maximum absolute atomic E-state index is 5.39. The Kier molecular flexibility index (Phi) is 5.22. The first-order valence-corrected chi connectivity index (χ1v) is 6.44. The van der Waals surface area contributed by atoms with Gasteiger partial charge in [0.15, 0.2) is 0 Å². The Labute approximate surface area is 101 Å². The third-order valence-corrected chi connectivity index (χ3v) is 3.71. The van der Waals surface area contributed by atoms with Gasteiger partial charge in [0.2, 0.25) is 0 Å². The molecule has 1 aliphatic carbocycles. The van der Waals surface area contributed by atoms with Gasteiger partial charge in [0.25, 0.3) is 0 Å². The van der Waals surface area contributed by atoms with Crippen molar-refractivity contribution in [2.24, 2.45) is 0 Å². The lowest BCUT2D eigenvalue weighted by atomic mass is 10.1. The molecular formula is C13H28N2O. The molecule has 1 unspecified atom stereocenters. The molecule has 0 bridgehead atoms. The first kappa shape index (κ1) is 13.9. The van der Waals surface area contributed by atoms with E-state index in [0.717, 1.165) is 25.6 Å². The number of likely N-dealkylation sites (N-methyl/N-ethyl adjacent to an activating group) is 1. The van der Waals surface area contributed by atoms with Crippen molar-refractivity contribution in [3.05, 3.63) is 0 Å². The largest absolute Gasteiger partial charge is 0.379 e. The number of rotatable bonds is 8. The Morgan fingerprint density at radius 1 is 1.44 bits per heavy atom. The number of hydrogen-bond acceptors (Lipinski definition) is 3. The van der Waals surface area contributed by atoms with Crippen LogP contribution in [-0.4, -0.2) is 49.8 Å². The van der Waals surface area contributed by atoms with E-state index in [1.807, 2.05) is 0 Å². The predicted octanol–water partition coefficient (Wildman–Crippen LogP) is 1.87. The second-order valence-corrected chi connectivity index (χ2v) is 5.66. The number of hydrogen-bond donors (Lipinski definition) is 1.